The molecule has 1 heterocycles. The molecular formula is C20H36N4O10. The first-order valence-corrected chi connectivity index (χ1v) is 11.0. The van der Waals surface area contributed by atoms with Crippen molar-refractivity contribution >= 4 is 23.7 Å². The van der Waals surface area contributed by atoms with Crippen LogP contribution in [-0.2, 0) is 28.7 Å². The Morgan fingerprint density at radius 3 is 2.32 bits per heavy atom. The van der Waals surface area contributed by atoms with Crippen molar-refractivity contribution in [3.05, 3.63) is 0 Å². The molecule has 0 spiro atoms. The van der Waals surface area contributed by atoms with Crippen LogP contribution in [0.3, 0.4) is 0 Å². The number of carbonyl (C=O) groups is 4. The Labute approximate surface area is 197 Å². The number of aliphatic hydroxyl groups excluding tert-OH is 3. The molecule has 1 rings (SSSR count). The number of amides is 3. The van der Waals surface area contributed by atoms with Gasteiger partial charge in [-0.3, -0.25) is 19.2 Å². The molecule has 1 aliphatic rings. The van der Waals surface area contributed by atoms with Crippen LogP contribution in [-0.4, -0.2) is 111 Å². The van der Waals surface area contributed by atoms with Gasteiger partial charge in [-0.2, -0.15) is 0 Å². The van der Waals surface area contributed by atoms with Crippen LogP contribution in [0.2, 0.25) is 0 Å². The van der Waals surface area contributed by atoms with Gasteiger partial charge < -0.3 is 51.6 Å². The van der Waals surface area contributed by atoms with Gasteiger partial charge in [0.05, 0.1) is 18.8 Å². The zero-order chi connectivity index (χ0) is 26.2. The van der Waals surface area contributed by atoms with Crippen molar-refractivity contribution in [1.29, 1.82) is 0 Å². The smallest absolute Gasteiger partial charge is 0.303 e. The quantitative estimate of drug-likeness (QED) is 0.134. The van der Waals surface area contributed by atoms with Crippen molar-refractivity contribution in [2.24, 2.45) is 11.5 Å². The second-order valence-electron chi connectivity index (χ2n) is 8.23. The predicted octanol–water partition coefficient (Wildman–Crippen LogP) is -3.38. The predicted molar refractivity (Wildman–Crippen MR) is 116 cm³/mol. The van der Waals surface area contributed by atoms with Gasteiger partial charge in [0, 0.05) is 19.9 Å². The van der Waals surface area contributed by atoms with Crippen molar-refractivity contribution in [3.8, 4) is 0 Å². The Hall–Kier alpha value is -2.36. The van der Waals surface area contributed by atoms with Gasteiger partial charge in [0.1, 0.15) is 30.4 Å². The number of aliphatic hydroxyl groups is 3. The minimum atomic E-state index is -1.61. The van der Waals surface area contributed by atoms with E-state index in [2.05, 4.69) is 5.32 Å². The van der Waals surface area contributed by atoms with E-state index in [0.29, 0.717) is 0 Å². The van der Waals surface area contributed by atoms with Gasteiger partial charge in [0.25, 0.3) is 0 Å². The number of nitrogens with zero attached hydrogens (tertiary/aromatic N) is 1. The molecule has 0 aromatic carbocycles. The van der Waals surface area contributed by atoms with E-state index in [-0.39, 0.29) is 19.4 Å². The summed E-state index contributed by atoms with van der Waals surface area (Å²) >= 11 is 0. The van der Waals surface area contributed by atoms with Gasteiger partial charge in [-0.25, -0.2) is 0 Å². The lowest BCUT2D eigenvalue weighted by molar-refractivity contribution is -0.268. The molecule has 14 nitrogen and oxygen atoms in total. The number of nitrogens with one attached hydrogen (secondary N) is 1. The van der Waals surface area contributed by atoms with E-state index < -0.39 is 85.5 Å². The summed E-state index contributed by atoms with van der Waals surface area (Å²) in [5.41, 5.74) is 11.3. The summed E-state index contributed by atoms with van der Waals surface area (Å²) in [6, 6.07) is -3.48. The third-order valence-electron chi connectivity index (χ3n) is 5.46. The molecule has 0 aromatic rings. The molecule has 1 fully saturated rings. The van der Waals surface area contributed by atoms with Crippen molar-refractivity contribution < 1.29 is 49.1 Å². The number of primary amides is 1. The molecule has 34 heavy (non-hydrogen) atoms. The Bertz CT molecular complexity index is 723. The standard InChI is InChI=1S/C20H36N4O10/c1-4-11(21)19(31)24(12(18(22)30)5-6-14(27)28)7-9(2)33-17-15(23-10(3)26)20(32)34-13(8-25)16(17)29/h9,11-13,15-17,20,25,29,32H,4-8,21H2,1-3H3,(H2,22,30)(H,23,26)(H,27,28)/t9?,11?,12-,13-,15-,16-,17-,20+/m1/s1. The average molecular weight is 493 g/mol. The fourth-order valence-corrected chi connectivity index (χ4v) is 3.69. The zero-order valence-corrected chi connectivity index (χ0v) is 19.5. The highest BCUT2D eigenvalue weighted by Crippen LogP contribution is 2.24. The monoisotopic (exact) mass is 492 g/mol. The van der Waals surface area contributed by atoms with E-state index in [1.807, 2.05) is 0 Å². The summed E-state index contributed by atoms with van der Waals surface area (Å²) in [6.07, 6.45) is -6.90. The lowest BCUT2D eigenvalue weighted by atomic mass is 9.96. The molecule has 1 saturated heterocycles. The minimum Gasteiger partial charge on any atom is -0.481 e. The Balaban J connectivity index is 3.17. The topological polar surface area (TPSA) is 235 Å². The van der Waals surface area contributed by atoms with E-state index in [9.17, 15) is 34.5 Å². The summed E-state index contributed by atoms with van der Waals surface area (Å²) in [6.45, 7) is 3.43. The molecular weight excluding hydrogens is 456 g/mol. The van der Waals surface area contributed by atoms with E-state index in [4.69, 9.17) is 26.0 Å². The summed E-state index contributed by atoms with van der Waals surface area (Å²) in [4.78, 5) is 48.6. The lowest BCUT2D eigenvalue weighted by Gasteiger charge is -2.44. The molecule has 0 bridgehead atoms. The van der Waals surface area contributed by atoms with Crippen molar-refractivity contribution in [2.45, 2.75) is 88.9 Å². The van der Waals surface area contributed by atoms with Gasteiger partial charge in [-0.05, 0) is 19.8 Å². The van der Waals surface area contributed by atoms with Crippen LogP contribution >= 0.6 is 0 Å². The number of hydrogen-bond acceptors (Lipinski definition) is 10. The minimum absolute atomic E-state index is 0.239. The number of nitrogens with two attached hydrogens (primary N) is 2. The van der Waals surface area contributed by atoms with Gasteiger partial charge in [-0.1, -0.05) is 6.92 Å². The van der Waals surface area contributed by atoms with Crippen LogP contribution < -0.4 is 16.8 Å². The molecule has 0 aromatic heterocycles. The number of rotatable bonds is 13. The van der Waals surface area contributed by atoms with E-state index >= 15 is 0 Å². The number of carboxylic acid groups (broad SMARTS) is 1. The number of carboxylic acids is 1. The van der Waals surface area contributed by atoms with Gasteiger partial charge >= 0.3 is 5.97 Å². The highest BCUT2D eigenvalue weighted by atomic mass is 16.6. The molecule has 8 atom stereocenters. The average Bonchev–Trinajstić information content (AvgIpc) is 2.75. The van der Waals surface area contributed by atoms with E-state index in [1.54, 1.807) is 6.92 Å². The highest BCUT2D eigenvalue weighted by Gasteiger charge is 2.46. The van der Waals surface area contributed by atoms with Crippen LogP contribution in [0, 0.1) is 0 Å². The molecule has 9 N–H and O–H groups in total. The second kappa shape index (κ2) is 13.5. The maximum Gasteiger partial charge on any atom is 0.303 e. The van der Waals surface area contributed by atoms with Crippen molar-refractivity contribution in [3.63, 3.8) is 0 Å². The first-order chi connectivity index (χ1) is 15.8. The molecule has 196 valence electrons. The maximum absolute atomic E-state index is 12.9. The third kappa shape index (κ3) is 8.14. The van der Waals surface area contributed by atoms with Crippen LogP contribution in [0.25, 0.3) is 0 Å². The molecule has 0 aliphatic carbocycles. The van der Waals surface area contributed by atoms with Gasteiger partial charge in [0.15, 0.2) is 6.29 Å². The number of hydrogen-bond donors (Lipinski definition) is 7. The summed E-state index contributed by atoms with van der Waals surface area (Å²) in [7, 11) is 0. The van der Waals surface area contributed by atoms with Gasteiger partial charge in [-0.15, -0.1) is 0 Å². The fraction of sp³-hybridized carbons (Fsp3) is 0.800. The molecule has 0 radical (unpaired) electrons. The Kier molecular flexibility index (Phi) is 11.8. The zero-order valence-electron chi connectivity index (χ0n) is 19.5. The molecule has 3 amide bonds. The first kappa shape index (κ1) is 29.7. The lowest BCUT2D eigenvalue weighted by Crippen LogP contribution is -2.65. The Morgan fingerprint density at radius 2 is 1.85 bits per heavy atom. The number of aliphatic carboxylic acids is 1. The van der Waals surface area contributed by atoms with E-state index in [1.165, 1.54) is 13.8 Å². The molecule has 14 heteroatoms. The molecule has 0 saturated carbocycles. The normalized spacial score (nSPS) is 27.3. The van der Waals surface area contributed by atoms with Crippen LogP contribution in [0.5, 0.6) is 0 Å². The van der Waals surface area contributed by atoms with Crippen molar-refractivity contribution in [2.75, 3.05) is 13.2 Å². The maximum atomic E-state index is 12.9. The molecule has 1 aliphatic heterocycles. The summed E-state index contributed by atoms with van der Waals surface area (Å²) < 4.78 is 11.0. The van der Waals surface area contributed by atoms with Crippen molar-refractivity contribution in [1.82, 2.24) is 10.2 Å². The van der Waals surface area contributed by atoms with Gasteiger partial charge in [0.2, 0.25) is 17.7 Å². The fourth-order valence-electron chi connectivity index (χ4n) is 3.69. The Morgan fingerprint density at radius 1 is 1.24 bits per heavy atom. The second-order valence-corrected chi connectivity index (χ2v) is 8.23. The van der Waals surface area contributed by atoms with Crippen LogP contribution in [0.1, 0.15) is 40.0 Å². The largest absolute Gasteiger partial charge is 0.481 e. The third-order valence-corrected chi connectivity index (χ3v) is 5.46. The first-order valence-electron chi connectivity index (χ1n) is 11.0. The molecule has 2 unspecified atom stereocenters. The van der Waals surface area contributed by atoms with E-state index in [0.717, 1.165) is 4.90 Å². The number of ether oxygens (including phenoxy) is 2. The summed E-state index contributed by atoms with van der Waals surface area (Å²) in [5.74, 6) is -3.30. The van der Waals surface area contributed by atoms with Crippen LogP contribution in [0.15, 0.2) is 0 Å². The number of carbonyl (C=O) groups excluding carboxylic acids is 3. The highest BCUT2D eigenvalue weighted by molar-refractivity contribution is 5.89. The summed E-state index contributed by atoms with van der Waals surface area (Å²) in [5, 5.41) is 41.7. The van der Waals surface area contributed by atoms with Crippen LogP contribution in [0.4, 0.5) is 0 Å². The SMILES string of the molecule is CCC(N)C(=O)N(CC(C)O[C@H]1[C@H](O)[C@@H](CO)O[C@H](O)[C@@H]1NC(C)=O)[C@H](CCC(=O)O)C(N)=O.